The fourth-order valence-corrected chi connectivity index (χ4v) is 3.61. The van der Waals surface area contributed by atoms with Crippen molar-refractivity contribution >= 4 is 16.8 Å². The van der Waals surface area contributed by atoms with E-state index in [1.54, 1.807) is 6.20 Å². The predicted molar refractivity (Wildman–Crippen MR) is 93.8 cm³/mol. The predicted octanol–water partition coefficient (Wildman–Crippen LogP) is 3.08. The second kappa shape index (κ2) is 6.15. The van der Waals surface area contributed by atoms with Gasteiger partial charge in [-0.2, -0.15) is 5.10 Å². The fraction of sp³-hybridized carbons (Fsp3) is 0.368. The van der Waals surface area contributed by atoms with Gasteiger partial charge in [-0.1, -0.05) is 12.1 Å². The highest BCUT2D eigenvalue weighted by Gasteiger charge is 2.25. The van der Waals surface area contributed by atoms with Crippen LogP contribution in [0.15, 0.2) is 42.9 Å². The smallest absolute Gasteiger partial charge is 0.227 e. The highest BCUT2D eigenvalue weighted by Crippen LogP contribution is 2.23. The number of hydrogen-bond acceptors (Lipinski definition) is 2. The van der Waals surface area contributed by atoms with E-state index in [-0.39, 0.29) is 5.91 Å². The average Bonchev–Trinajstić information content (AvgIpc) is 3.25. The molecule has 5 nitrogen and oxygen atoms in total. The van der Waals surface area contributed by atoms with Crippen LogP contribution in [0.25, 0.3) is 10.9 Å². The first-order chi connectivity index (χ1) is 11.7. The van der Waals surface area contributed by atoms with Crippen LogP contribution in [0.3, 0.4) is 0 Å². The van der Waals surface area contributed by atoms with E-state index in [0.29, 0.717) is 12.5 Å². The van der Waals surface area contributed by atoms with Gasteiger partial charge in [0.25, 0.3) is 0 Å². The lowest BCUT2D eigenvalue weighted by atomic mass is 10.0. The van der Waals surface area contributed by atoms with E-state index in [1.807, 2.05) is 28.0 Å². The van der Waals surface area contributed by atoms with Crippen LogP contribution < -0.4 is 0 Å². The first-order valence-corrected chi connectivity index (χ1v) is 8.54. The monoisotopic (exact) mass is 322 g/mol. The van der Waals surface area contributed by atoms with Crippen LogP contribution in [-0.2, 0) is 11.2 Å². The number of nitrogens with one attached hydrogen (secondary N) is 1. The van der Waals surface area contributed by atoms with E-state index in [0.717, 1.165) is 42.4 Å². The molecule has 1 amide bonds. The molecule has 2 aromatic heterocycles. The Hall–Kier alpha value is -2.56. The van der Waals surface area contributed by atoms with E-state index < -0.39 is 0 Å². The number of piperidine rings is 1. The molecule has 3 aromatic rings. The number of likely N-dealkylation sites (tertiary alicyclic amines) is 1. The Labute approximate surface area is 141 Å². The van der Waals surface area contributed by atoms with Crippen LogP contribution in [0, 0.1) is 6.92 Å². The topological polar surface area (TPSA) is 53.9 Å². The summed E-state index contributed by atoms with van der Waals surface area (Å²) < 4.78 is 1.98. The Balaban J connectivity index is 1.49. The molecule has 1 aliphatic rings. The lowest BCUT2D eigenvalue weighted by Crippen LogP contribution is -2.41. The molecule has 0 saturated carbocycles. The number of aromatic amines is 1. The molecule has 1 aliphatic heterocycles. The van der Waals surface area contributed by atoms with Crippen molar-refractivity contribution in [3.05, 3.63) is 54.0 Å². The van der Waals surface area contributed by atoms with Crippen LogP contribution in [0.4, 0.5) is 0 Å². The standard InChI is InChI=1S/C19H22N4O/c1-14-5-6-17-15(12-20-18(17)10-14)11-19(24)22-8-2-4-16(13-22)23-9-3-7-21-23/h3,5-7,9-10,12,16,20H,2,4,8,11,13H2,1H3. The first kappa shape index (κ1) is 15.0. The van der Waals surface area contributed by atoms with E-state index in [9.17, 15) is 4.79 Å². The van der Waals surface area contributed by atoms with E-state index in [1.165, 1.54) is 5.56 Å². The zero-order valence-electron chi connectivity index (χ0n) is 13.9. The summed E-state index contributed by atoms with van der Waals surface area (Å²) in [6, 6.07) is 8.56. The Morgan fingerprint density at radius 2 is 2.33 bits per heavy atom. The molecular weight excluding hydrogens is 300 g/mol. The number of rotatable bonds is 3. The molecule has 1 aromatic carbocycles. The van der Waals surface area contributed by atoms with Gasteiger partial charge in [-0.05, 0) is 43.0 Å². The minimum absolute atomic E-state index is 0.202. The summed E-state index contributed by atoms with van der Waals surface area (Å²) in [6.07, 6.45) is 8.32. The molecule has 5 heteroatoms. The molecular formula is C19H22N4O. The molecule has 1 saturated heterocycles. The number of nitrogens with zero attached hydrogens (tertiary/aromatic N) is 3. The van der Waals surface area contributed by atoms with Crippen molar-refractivity contribution in [1.82, 2.24) is 19.7 Å². The van der Waals surface area contributed by atoms with Crippen LogP contribution in [0.5, 0.6) is 0 Å². The van der Waals surface area contributed by atoms with E-state index in [2.05, 4.69) is 35.2 Å². The van der Waals surface area contributed by atoms with Gasteiger partial charge in [0.05, 0.1) is 12.5 Å². The lowest BCUT2D eigenvalue weighted by molar-refractivity contribution is -0.132. The number of benzene rings is 1. The molecule has 24 heavy (non-hydrogen) atoms. The molecule has 4 rings (SSSR count). The highest BCUT2D eigenvalue weighted by atomic mass is 16.2. The van der Waals surface area contributed by atoms with Gasteiger partial charge >= 0.3 is 0 Å². The van der Waals surface area contributed by atoms with E-state index in [4.69, 9.17) is 0 Å². The second-order valence-electron chi connectivity index (χ2n) is 6.66. The van der Waals surface area contributed by atoms with Gasteiger partial charge in [0.2, 0.25) is 5.91 Å². The number of amides is 1. The molecule has 3 heterocycles. The summed E-state index contributed by atoms with van der Waals surface area (Å²) in [4.78, 5) is 18.0. The highest BCUT2D eigenvalue weighted by molar-refractivity contribution is 5.89. The third-order valence-corrected chi connectivity index (χ3v) is 4.91. The van der Waals surface area contributed by atoms with Gasteiger partial charge in [-0.25, -0.2) is 0 Å². The summed E-state index contributed by atoms with van der Waals surface area (Å²) in [5.41, 5.74) is 3.40. The summed E-state index contributed by atoms with van der Waals surface area (Å²) in [5.74, 6) is 0.202. The maximum absolute atomic E-state index is 12.8. The maximum Gasteiger partial charge on any atom is 0.227 e. The van der Waals surface area contributed by atoms with Crippen molar-refractivity contribution in [3.8, 4) is 0 Å². The largest absolute Gasteiger partial charge is 0.361 e. The van der Waals surface area contributed by atoms with Crippen LogP contribution in [0.2, 0.25) is 0 Å². The molecule has 0 aliphatic carbocycles. The third kappa shape index (κ3) is 2.82. The fourth-order valence-electron chi connectivity index (χ4n) is 3.61. The number of fused-ring (bicyclic) bond motifs is 1. The van der Waals surface area contributed by atoms with Crippen molar-refractivity contribution in [2.75, 3.05) is 13.1 Å². The number of aromatic nitrogens is 3. The maximum atomic E-state index is 12.8. The molecule has 1 unspecified atom stereocenters. The van der Waals surface area contributed by atoms with Crippen molar-refractivity contribution in [2.24, 2.45) is 0 Å². The van der Waals surface area contributed by atoms with Crippen molar-refractivity contribution in [1.29, 1.82) is 0 Å². The zero-order valence-corrected chi connectivity index (χ0v) is 13.9. The molecule has 124 valence electrons. The van der Waals surface area contributed by atoms with Gasteiger partial charge in [0.15, 0.2) is 0 Å². The number of H-pyrrole nitrogens is 1. The summed E-state index contributed by atoms with van der Waals surface area (Å²) >= 11 is 0. The molecule has 1 fully saturated rings. The van der Waals surface area contributed by atoms with Gasteiger partial charge in [-0.15, -0.1) is 0 Å². The molecule has 1 atom stereocenters. The molecule has 0 radical (unpaired) electrons. The van der Waals surface area contributed by atoms with Gasteiger partial charge in [0.1, 0.15) is 0 Å². The number of carbonyl (C=O) groups excluding carboxylic acids is 1. The summed E-state index contributed by atoms with van der Waals surface area (Å²) in [7, 11) is 0. The molecule has 1 N–H and O–H groups in total. The Morgan fingerprint density at radius 1 is 1.42 bits per heavy atom. The van der Waals surface area contributed by atoms with Crippen LogP contribution in [-0.4, -0.2) is 38.7 Å². The second-order valence-corrected chi connectivity index (χ2v) is 6.66. The van der Waals surface area contributed by atoms with Crippen LogP contribution >= 0.6 is 0 Å². The Morgan fingerprint density at radius 3 is 3.17 bits per heavy atom. The minimum atomic E-state index is 0.202. The van der Waals surface area contributed by atoms with Crippen molar-refractivity contribution in [3.63, 3.8) is 0 Å². The number of aryl methyl sites for hydroxylation is 1. The molecule has 0 bridgehead atoms. The van der Waals surface area contributed by atoms with Crippen molar-refractivity contribution < 1.29 is 4.79 Å². The molecule has 0 spiro atoms. The van der Waals surface area contributed by atoms with Crippen molar-refractivity contribution in [2.45, 2.75) is 32.2 Å². The van der Waals surface area contributed by atoms with E-state index >= 15 is 0 Å². The van der Waals surface area contributed by atoms with Gasteiger partial charge < -0.3 is 9.88 Å². The summed E-state index contributed by atoms with van der Waals surface area (Å²) in [5, 5.41) is 5.48. The summed E-state index contributed by atoms with van der Waals surface area (Å²) in [6.45, 7) is 3.67. The zero-order chi connectivity index (χ0) is 16.5. The Bertz CT molecular complexity index is 850. The SMILES string of the molecule is Cc1ccc2c(CC(=O)N3CCCC(n4cccn4)C3)c[nH]c2c1. The minimum Gasteiger partial charge on any atom is -0.361 e. The van der Waals surface area contributed by atoms with Crippen LogP contribution in [0.1, 0.15) is 30.0 Å². The number of carbonyl (C=O) groups is 1. The number of hydrogen-bond donors (Lipinski definition) is 1. The normalized spacial score (nSPS) is 18.2. The third-order valence-electron chi connectivity index (χ3n) is 4.91. The quantitative estimate of drug-likeness (QED) is 0.805. The van der Waals surface area contributed by atoms with Gasteiger partial charge in [0, 0.05) is 42.6 Å². The first-order valence-electron chi connectivity index (χ1n) is 8.54. The average molecular weight is 322 g/mol. The van der Waals surface area contributed by atoms with Gasteiger partial charge in [-0.3, -0.25) is 9.48 Å². The Kier molecular flexibility index (Phi) is 3.84. The lowest BCUT2D eigenvalue weighted by Gasteiger charge is -2.33.